The second-order valence-corrected chi connectivity index (χ2v) is 4.93. The zero-order valence-electron chi connectivity index (χ0n) is 9.87. The molecule has 0 fully saturated rings. The molecule has 1 heterocycles. The highest BCUT2D eigenvalue weighted by Crippen LogP contribution is 2.17. The second-order valence-electron chi connectivity index (χ2n) is 4.14. The highest BCUT2D eigenvalue weighted by Gasteiger charge is 2.14. The van der Waals surface area contributed by atoms with Crippen LogP contribution in [-0.2, 0) is 4.74 Å². The Morgan fingerprint density at radius 3 is 2.76 bits per heavy atom. The molecule has 0 saturated heterocycles. The Bertz CT molecular complexity index is 394. The van der Waals surface area contributed by atoms with Gasteiger partial charge in [-0.1, -0.05) is 37.0 Å². The van der Waals surface area contributed by atoms with Crippen LogP contribution in [0.4, 0.5) is 0 Å². The van der Waals surface area contributed by atoms with Gasteiger partial charge in [0, 0.05) is 0 Å². The van der Waals surface area contributed by atoms with Crippen LogP contribution in [0.25, 0.3) is 0 Å². The van der Waals surface area contributed by atoms with E-state index in [1.54, 1.807) is 0 Å². The van der Waals surface area contributed by atoms with Gasteiger partial charge in [-0.3, -0.25) is 0 Å². The number of aromatic nitrogens is 1. The Kier molecular flexibility index (Phi) is 5.72. The van der Waals surface area contributed by atoms with Crippen molar-refractivity contribution >= 4 is 29.2 Å². The van der Waals surface area contributed by atoms with Gasteiger partial charge in [-0.15, -0.1) is 0 Å². The van der Waals surface area contributed by atoms with E-state index in [2.05, 4.69) is 18.8 Å². The monoisotopic (exact) mass is 275 g/mol. The van der Waals surface area contributed by atoms with Gasteiger partial charge >= 0.3 is 5.97 Å². The van der Waals surface area contributed by atoms with E-state index in [9.17, 15) is 4.79 Å². The summed E-state index contributed by atoms with van der Waals surface area (Å²) in [4.78, 5) is 15.5. The van der Waals surface area contributed by atoms with E-state index in [0.29, 0.717) is 12.5 Å². The normalized spacial score (nSPS) is 10.6. The van der Waals surface area contributed by atoms with E-state index >= 15 is 0 Å². The molecular formula is C12H15Cl2NO2. The summed E-state index contributed by atoms with van der Waals surface area (Å²) in [5.74, 6) is 0.0721. The molecule has 1 aromatic rings. The topological polar surface area (TPSA) is 39.2 Å². The van der Waals surface area contributed by atoms with Crippen molar-refractivity contribution in [2.24, 2.45) is 5.92 Å². The second kappa shape index (κ2) is 6.82. The molecule has 0 aliphatic carbocycles. The third-order valence-electron chi connectivity index (χ3n) is 2.16. The Balaban J connectivity index is 2.49. The van der Waals surface area contributed by atoms with Crippen LogP contribution in [-0.4, -0.2) is 17.6 Å². The lowest BCUT2D eigenvalue weighted by Gasteiger charge is -2.07. The average Bonchev–Trinajstić information content (AvgIpc) is 2.27. The van der Waals surface area contributed by atoms with Crippen LogP contribution in [0.3, 0.4) is 0 Å². The number of halogens is 2. The Morgan fingerprint density at radius 1 is 1.41 bits per heavy atom. The van der Waals surface area contributed by atoms with Gasteiger partial charge in [0.25, 0.3) is 0 Å². The summed E-state index contributed by atoms with van der Waals surface area (Å²) in [6, 6.07) is 3.06. The molecule has 3 nitrogen and oxygen atoms in total. The fraction of sp³-hybridized carbons (Fsp3) is 0.500. The number of carbonyl (C=O) groups is 1. The molecular weight excluding hydrogens is 261 g/mol. The first kappa shape index (κ1) is 14.3. The zero-order valence-corrected chi connectivity index (χ0v) is 11.4. The molecule has 0 spiro atoms. The SMILES string of the molecule is CC(C)CCCOC(=O)c1nc(Cl)ccc1Cl. The van der Waals surface area contributed by atoms with Crippen LogP contribution in [0.15, 0.2) is 12.1 Å². The number of esters is 1. The molecule has 0 aliphatic heterocycles. The predicted molar refractivity (Wildman–Crippen MR) is 68.6 cm³/mol. The number of carbonyl (C=O) groups excluding carboxylic acids is 1. The van der Waals surface area contributed by atoms with E-state index in [-0.39, 0.29) is 15.9 Å². The van der Waals surface area contributed by atoms with Gasteiger partial charge in [-0.2, -0.15) is 0 Å². The maximum Gasteiger partial charge on any atom is 0.358 e. The third kappa shape index (κ3) is 4.92. The molecule has 1 rings (SSSR count). The summed E-state index contributed by atoms with van der Waals surface area (Å²) >= 11 is 11.5. The molecule has 0 bridgehead atoms. The predicted octanol–water partition coefficient (Wildman–Crippen LogP) is 3.98. The molecule has 5 heteroatoms. The van der Waals surface area contributed by atoms with Crippen molar-refractivity contribution in [3.05, 3.63) is 28.0 Å². The number of rotatable bonds is 5. The summed E-state index contributed by atoms with van der Waals surface area (Å²) in [5, 5.41) is 0.479. The first-order chi connectivity index (χ1) is 8.00. The Hall–Kier alpha value is -0.800. The fourth-order valence-corrected chi connectivity index (χ4v) is 1.62. The van der Waals surface area contributed by atoms with Crippen LogP contribution >= 0.6 is 23.2 Å². The minimum absolute atomic E-state index is 0.0729. The molecule has 0 unspecified atom stereocenters. The highest BCUT2D eigenvalue weighted by molar-refractivity contribution is 6.34. The maximum atomic E-state index is 11.6. The fourth-order valence-electron chi connectivity index (χ4n) is 1.29. The minimum Gasteiger partial charge on any atom is -0.461 e. The van der Waals surface area contributed by atoms with E-state index in [1.807, 2.05) is 0 Å². The van der Waals surface area contributed by atoms with Gasteiger partial charge in [0.2, 0.25) is 0 Å². The lowest BCUT2D eigenvalue weighted by molar-refractivity contribution is 0.0488. The van der Waals surface area contributed by atoms with Crippen LogP contribution < -0.4 is 0 Å². The number of hydrogen-bond acceptors (Lipinski definition) is 3. The zero-order chi connectivity index (χ0) is 12.8. The molecule has 1 aromatic heterocycles. The molecule has 0 aromatic carbocycles. The van der Waals surface area contributed by atoms with Crippen LogP contribution in [0.1, 0.15) is 37.2 Å². The quantitative estimate of drug-likeness (QED) is 0.464. The standard InChI is InChI=1S/C12H15Cl2NO2/c1-8(2)4-3-7-17-12(16)11-9(13)5-6-10(14)15-11/h5-6,8H,3-4,7H2,1-2H3. The summed E-state index contributed by atoms with van der Waals surface area (Å²) in [7, 11) is 0. The molecule has 0 atom stereocenters. The van der Waals surface area contributed by atoms with Crippen molar-refractivity contribution in [1.29, 1.82) is 0 Å². The van der Waals surface area contributed by atoms with Crippen LogP contribution in [0.2, 0.25) is 10.2 Å². The van der Waals surface area contributed by atoms with E-state index in [0.717, 1.165) is 12.8 Å². The molecule has 0 N–H and O–H groups in total. The van der Waals surface area contributed by atoms with Gasteiger partial charge in [-0.25, -0.2) is 9.78 Å². The Morgan fingerprint density at radius 2 is 2.12 bits per heavy atom. The van der Waals surface area contributed by atoms with Crippen LogP contribution in [0, 0.1) is 5.92 Å². The number of pyridine rings is 1. The van der Waals surface area contributed by atoms with Gasteiger partial charge in [0.1, 0.15) is 5.15 Å². The molecule has 0 aliphatic rings. The van der Waals surface area contributed by atoms with E-state index < -0.39 is 5.97 Å². The van der Waals surface area contributed by atoms with Crippen molar-refractivity contribution < 1.29 is 9.53 Å². The van der Waals surface area contributed by atoms with Gasteiger partial charge in [0.15, 0.2) is 5.69 Å². The van der Waals surface area contributed by atoms with Crippen molar-refractivity contribution in [3.8, 4) is 0 Å². The Labute approximate surface area is 111 Å². The molecule has 94 valence electrons. The maximum absolute atomic E-state index is 11.6. The molecule has 0 saturated carbocycles. The van der Waals surface area contributed by atoms with E-state index in [1.165, 1.54) is 12.1 Å². The summed E-state index contributed by atoms with van der Waals surface area (Å²) in [6.45, 7) is 4.62. The van der Waals surface area contributed by atoms with Gasteiger partial charge in [0.05, 0.1) is 11.6 Å². The first-order valence-corrected chi connectivity index (χ1v) is 6.25. The molecule has 0 amide bonds. The van der Waals surface area contributed by atoms with Gasteiger partial charge < -0.3 is 4.74 Å². The minimum atomic E-state index is -0.527. The van der Waals surface area contributed by atoms with Gasteiger partial charge in [-0.05, 0) is 30.9 Å². The summed E-state index contributed by atoms with van der Waals surface area (Å²) in [6.07, 6.45) is 1.85. The number of ether oxygens (including phenoxy) is 1. The van der Waals surface area contributed by atoms with Crippen molar-refractivity contribution in [1.82, 2.24) is 4.98 Å². The van der Waals surface area contributed by atoms with Crippen molar-refractivity contribution in [2.75, 3.05) is 6.61 Å². The lowest BCUT2D eigenvalue weighted by atomic mass is 10.1. The van der Waals surface area contributed by atoms with Crippen molar-refractivity contribution in [2.45, 2.75) is 26.7 Å². The lowest BCUT2D eigenvalue weighted by Crippen LogP contribution is -2.09. The summed E-state index contributed by atoms with van der Waals surface area (Å²) < 4.78 is 5.07. The summed E-state index contributed by atoms with van der Waals surface area (Å²) in [5.41, 5.74) is 0.0729. The number of hydrogen-bond donors (Lipinski definition) is 0. The average molecular weight is 276 g/mol. The van der Waals surface area contributed by atoms with Crippen molar-refractivity contribution in [3.63, 3.8) is 0 Å². The van der Waals surface area contributed by atoms with E-state index in [4.69, 9.17) is 27.9 Å². The first-order valence-electron chi connectivity index (χ1n) is 5.50. The highest BCUT2D eigenvalue weighted by atomic mass is 35.5. The third-order valence-corrected chi connectivity index (χ3v) is 2.68. The number of nitrogens with zero attached hydrogens (tertiary/aromatic N) is 1. The van der Waals surface area contributed by atoms with Crippen LogP contribution in [0.5, 0.6) is 0 Å². The molecule has 17 heavy (non-hydrogen) atoms. The molecule has 0 radical (unpaired) electrons. The smallest absolute Gasteiger partial charge is 0.358 e. The largest absolute Gasteiger partial charge is 0.461 e.